The van der Waals surface area contributed by atoms with Gasteiger partial charge in [0.2, 0.25) is 5.91 Å². The van der Waals surface area contributed by atoms with Crippen molar-refractivity contribution in [3.8, 4) is 5.75 Å². The van der Waals surface area contributed by atoms with Gasteiger partial charge in [0.1, 0.15) is 5.75 Å². The van der Waals surface area contributed by atoms with Crippen molar-refractivity contribution in [2.75, 3.05) is 33.8 Å². The lowest BCUT2D eigenvalue weighted by molar-refractivity contribution is -0.128. The van der Waals surface area contributed by atoms with Crippen LogP contribution in [0.4, 0.5) is 4.79 Å². The summed E-state index contributed by atoms with van der Waals surface area (Å²) in [5.74, 6) is 0.623. The highest BCUT2D eigenvalue weighted by atomic mass is 16.5. The number of amides is 3. The molecule has 0 aliphatic carbocycles. The molecule has 1 saturated heterocycles. The van der Waals surface area contributed by atoms with Gasteiger partial charge in [0.25, 0.3) is 0 Å². The Morgan fingerprint density at radius 3 is 2.86 bits per heavy atom. The largest absolute Gasteiger partial charge is 0.496 e. The molecule has 0 unspecified atom stereocenters. The second-order valence-corrected chi connectivity index (χ2v) is 5.26. The summed E-state index contributed by atoms with van der Waals surface area (Å²) in [4.78, 5) is 26.7. The quantitative estimate of drug-likeness (QED) is 0.879. The van der Waals surface area contributed by atoms with Gasteiger partial charge in [-0.2, -0.15) is 0 Å². The first-order valence-electron chi connectivity index (χ1n) is 6.91. The number of urea groups is 1. The smallest absolute Gasteiger partial charge is 0.324 e. The Bertz CT molecular complexity index is 545. The van der Waals surface area contributed by atoms with Crippen LogP contribution in [0.5, 0.6) is 5.75 Å². The van der Waals surface area contributed by atoms with Gasteiger partial charge >= 0.3 is 6.03 Å². The molecule has 0 radical (unpaired) electrons. The van der Waals surface area contributed by atoms with E-state index in [1.807, 2.05) is 37.1 Å². The third-order valence-corrected chi connectivity index (χ3v) is 3.44. The van der Waals surface area contributed by atoms with Crippen molar-refractivity contribution in [1.82, 2.24) is 15.1 Å². The molecule has 2 rings (SSSR count). The molecule has 6 nitrogen and oxygen atoms in total. The topological polar surface area (TPSA) is 61.9 Å². The standard InChI is InChI=1S/C15H21N3O3/c1-11-4-5-13(21-3)12(8-11)9-17(2)10-14(19)18-7-6-16-15(18)20/h4-5,8H,6-7,9-10H2,1-3H3,(H,16,20). The van der Waals surface area contributed by atoms with E-state index in [1.54, 1.807) is 7.11 Å². The number of nitrogens with zero attached hydrogens (tertiary/aromatic N) is 2. The zero-order chi connectivity index (χ0) is 15.4. The lowest BCUT2D eigenvalue weighted by atomic mass is 10.1. The van der Waals surface area contributed by atoms with Crippen molar-refractivity contribution < 1.29 is 14.3 Å². The fourth-order valence-corrected chi connectivity index (χ4v) is 2.40. The lowest BCUT2D eigenvalue weighted by Crippen LogP contribution is -2.40. The zero-order valence-corrected chi connectivity index (χ0v) is 12.7. The Kier molecular flexibility index (Phi) is 4.80. The molecule has 114 valence electrons. The molecule has 0 saturated carbocycles. The molecule has 3 amide bonds. The van der Waals surface area contributed by atoms with Crippen LogP contribution < -0.4 is 10.1 Å². The highest BCUT2D eigenvalue weighted by Gasteiger charge is 2.26. The molecule has 0 atom stereocenters. The summed E-state index contributed by atoms with van der Waals surface area (Å²) >= 11 is 0. The van der Waals surface area contributed by atoms with Crippen molar-refractivity contribution in [2.24, 2.45) is 0 Å². The third-order valence-electron chi connectivity index (χ3n) is 3.44. The molecule has 1 aliphatic heterocycles. The van der Waals surface area contributed by atoms with Crippen LogP contribution in [-0.2, 0) is 11.3 Å². The minimum absolute atomic E-state index is 0.181. The predicted molar refractivity (Wildman–Crippen MR) is 79.2 cm³/mol. The van der Waals surface area contributed by atoms with Crippen LogP contribution in [0.15, 0.2) is 18.2 Å². The maximum Gasteiger partial charge on any atom is 0.324 e. The van der Waals surface area contributed by atoms with Gasteiger partial charge in [-0.3, -0.25) is 14.6 Å². The second kappa shape index (κ2) is 6.58. The number of imide groups is 1. The molecule has 6 heteroatoms. The number of carbonyl (C=O) groups excluding carboxylic acids is 2. The summed E-state index contributed by atoms with van der Waals surface area (Å²) < 4.78 is 5.34. The summed E-state index contributed by atoms with van der Waals surface area (Å²) in [5.41, 5.74) is 2.17. The van der Waals surface area contributed by atoms with Crippen LogP contribution in [0.25, 0.3) is 0 Å². The summed E-state index contributed by atoms with van der Waals surface area (Å²) in [7, 11) is 3.49. The zero-order valence-electron chi connectivity index (χ0n) is 12.7. The number of benzene rings is 1. The Hall–Kier alpha value is -2.08. The fourth-order valence-electron chi connectivity index (χ4n) is 2.40. The first-order chi connectivity index (χ1) is 10.0. The van der Waals surface area contributed by atoms with Gasteiger partial charge in [-0.25, -0.2) is 4.79 Å². The maximum absolute atomic E-state index is 12.1. The average Bonchev–Trinajstić information content (AvgIpc) is 2.85. The Balaban J connectivity index is 1.98. The molecule has 1 heterocycles. The van der Waals surface area contributed by atoms with E-state index in [-0.39, 0.29) is 18.5 Å². The van der Waals surface area contributed by atoms with Crippen LogP contribution in [0.3, 0.4) is 0 Å². The van der Waals surface area contributed by atoms with Gasteiger partial charge in [0.05, 0.1) is 13.7 Å². The summed E-state index contributed by atoms with van der Waals surface area (Å²) in [6.07, 6.45) is 0. The first kappa shape index (κ1) is 15.3. The third kappa shape index (κ3) is 3.72. The summed E-state index contributed by atoms with van der Waals surface area (Å²) in [5, 5.41) is 2.63. The number of hydrogen-bond acceptors (Lipinski definition) is 4. The lowest BCUT2D eigenvalue weighted by Gasteiger charge is -2.20. The highest BCUT2D eigenvalue weighted by molar-refractivity contribution is 5.96. The second-order valence-electron chi connectivity index (χ2n) is 5.26. The minimum atomic E-state index is -0.304. The highest BCUT2D eigenvalue weighted by Crippen LogP contribution is 2.21. The Labute approximate surface area is 124 Å². The number of carbonyl (C=O) groups is 2. The van der Waals surface area contributed by atoms with E-state index >= 15 is 0 Å². The molecule has 1 aromatic rings. The van der Waals surface area contributed by atoms with Crippen molar-refractivity contribution in [3.63, 3.8) is 0 Å². The van der Waals surface area contributed by atoms with Gasteiger partial charge in [-0.15, -0.1) is 0 Å². The van der Waals surface area contributed by atoms with Crippen LogP contribution in [0, 0.1) is 6.92 Å². The fraction of sp³-hybridized carbons (Fsp3) is 0.467. The van der Waals surface area contributed by atoms with E-state index < -0.39 is 0 Å². The number of rotatable bonds is 5. The minimum Gasteiger partial charge on any atom is -0.496 e. The van der Waals surface area contributed by atoms with Crippen LogP contribution in [0.1, 0.15) is 11.1 Å². The van der Waals surface area contributed by atoms with Crippen molar-refractivity contribution in [2.45, 2.75) is 13.5 Å². The monoisotopic (exact) mass is 291 g/mol. The molecule has 1 aliphatic rings. The van der Waals surface area contributed by atoms with Gasteiger partial charge in [-0.1, -0.05) is 17.7 Å². The van der Waals surface area contributed by atoms with Crippen molar-refractivity contribution in [1.29, 1.82) is 0 Å². The summed E-state index contributed by atoms with van der Waals surface area (Å²) in [6, 6.07) is 5.65. The number of methoxy groups -OCH3 is 1. The van der Waals surface area contributed by atoms with Crippen LogP contribution in [0.2, 0.25) is 0 Å². The SMILES string of the molecule is COc1ccc(C)cc1CN(C)CC(=O)N1CCNC1=O. The van der Waals surface area contributed by atoms with Crippen LogP contribution >= 0.6 is 0 Å². The summed E-state index contributed by atoms with van der Waals surface area (Å²) in [6.45, 7) is 3.78. The molecule has 0 bridgehead atoms. The average molecular weight is 291 g/mol. The van der Waals surface area contributed by atoms with Gasteiger partial charge in [0, 0.05) is 25.2 Å². The number of hydrogen-bond donors (Lipinski definition) is 1. The molecule has 1 N–H and O–H groups in total. The number of aryl methyl sites for hydroxylation is 1. The number of likely N-dealkylation sites (N-methyl/N-ethyl adjacent to an activating group) is 1. The van der Waals surface area contributed by atoms with E-state index in [0.717, 1.165) is 16.9 Å². The van der Waals surface area contributed by atoms with Crippen molar-refractivity contribution >= 4 is 11.9 Å². The molecule has 0 spiro atoms. The van der Waals surface area contributed by atoms with Crippen LogP contribution in [-0.4, -0.2) is 55.5 Å². The Morgan fingerprint density at radius 1 is 1.48 bits per heavy atom. The normalized spacial score (nSPS) is 14.5. The molecule has 1 aromatic carbocycles. The van der Waals surface area contributed by atoms with Crippen molar-refractivity contribution in [3.05, 3.63) is 29.3 Å². The van der Waals surface area contributed by atoms with E-state index in [4.69, 9.17) is 4.74 Å². The molecule has 21 heavy (non-hydrogen) atoms. The molecule has 0 aromatic heterocycles. The Morgan fingerprint density at radius 2 is 2.24 bits per heavy atom. The maximum atomic E-state index is 12.1. The molecular formula is C15H21N3O3. The van der Waals surface area contributed by atoms with Gasteiger partial charge in [-0.05, 0) is 20.0 Å². The number of ether oxygens (including phenoxy) is 1. The van der Waals surface area contributed by atoms with E-state index in [0.29, 0.717) is 19.6 Å². The molecule has 1 fully saturated rings. The van der Waals surface area contributed by atoms with E-state index in [1.165, 1.54) is 4.90 Å². The number of nitrogens with one attached hydrogen (secondary N) is 1. The van der Waals surface area contributed by atoms with E-state index in [9.17, 15) is 9.59 Å². The van der Waals surface area contributed by atoms with Gasteiger partial charge in [0.15, 0.2) is 0 Å². The first-order valence-corrected chi connectivity index (χ1v) is 6.91. The van der Waals surface area contributed by atoms with Gasteiger partial charge < -0.3 is 10.1 Å². The predicted octanol–water partition coefficient (Wildman–Crippen LogP) is 0.987. The molecular weight excluding hydrogens is 270 g/mol. The van der Waals surface area contributed by atoms with E-state index in [2.05, 4.69) is 5.32 Å².